The van der Waals surface area contributed by atoms with Crippen LogP contribution < -0.4 is 5.11 Å². The quantitative estimate of drug-likeness (QED) is 0.106. The molecule has 0 aliphatic rings. The van der Waals surface area contributed by atoms with Crippen LogP contribution in [0, 0.1) is 26.0 Å². The van der Waals surface area contributed by atoms with E-state index in [2.05, 4.69) is 84.5 Å². The van der Waals surface area contributed by atoms with E-state index in [1.165, 1.54) is 46.5 Å². The second-order valence-electron chi connectivity index (χ2n) is 9.58. The van der Waals surface area contributed by atoms with Crippen molar-refractivity contribution in [2.24, 2.45) is 0 Å². The van der Waals surface area contributed by atoms with Gasteiger partial charge >= 0.3 is 20.1 Å². The molecule has 0 fully saturated rings. The Bertz CT molecular complexity index is 1680. The van der Waals surface area contributed by atoms with E-state index in [0.29, 0.717) is 0 Å². The first kappa shape index (κ1) is 32.1. The maximum absolute atomic E-state index is 9.98. The summed E-state index contributed by atoms with van der Waals surface area (Å²) < 4.78 is 0. The van der Waals surface area contributed by atoms with Crippen molar-refractivity contribution in [1.29, 1.82) is 0 Å². The summed E-state index contributed by atoms with van der Waals surface area (Å²) >= 11 is 0. The zero-order chi connectivity index (χ0) is 29.2. The van der Waals surface area contributed by atoms with Crippen LogP contribution in [0.4, 0.5) is 0 Å². The fraction of sp³-hybridized carbons (Fsp3) is 0.108. The summed E-state index contributed by atoms with van der Waals surface area (Å²) in [6.45, 7) is 6.95. The van der Waals surface area contributed by atoms with Gasteiger partial charge in [0.1, 0.15) is 0 Å². The third kappa shape index (κ3) is 8.29. The molecule has 0 amide bonds. The van der Waals surface area contributed by atoms with Gasteiger partial charge in [-0.05, 0) is 83.0 Å². The first-order valence-corrected chi connectivity index (χ1v) is 13.3. The van der Waals surface area contributed by atoms with E-state index < -0.39 is 0 Å². The van der Waals surface area contributed by atoms with Gasteiger partial charge in [0, 0.05) is 12.4 Å². The van der Waals surface area contributed by atoms with Crippen LogP contribution in [-0.4, -0.2) is 15.8 Å². The summed E-state index contributed by atoms with van der Waals surface area (Å²) in [5.41, 5.74) is 6.66. The molecule has 210 valence electrons. The fourth-order valence-electron chi connectivity index (χ4n) is 4.53. The zero-order valence-electron chi connectivity index (χ0n) is 24.0. The number of ketones is 1. The predicted molar refractivity (Wildman–Crippen MR) is 166 cm³/mol. The van der Waals surface area contributed by atoms with Gasteiger partial charge in [0.15, 0.2) is 5.78 Å². The summed E-state index contributed by atoms with van der Waals surface area (Å²) in [7, 11) is 0. The summed E-state index contributed by atoms with van der Waals surface area (Å²) in [4.78, 5) is 19.0. The smallest absolute Gasteiger partial charge is 0.876 e. The van der Waals surface area contributed by atoms with Crippen molar-refractivity contribution < 1.29 is 30.0 Å². The molecule has 0 aliphatic carbocycles. The molecule has 0 aliphatic heterocycles. The van der Waals surface area contributed by atoms with Gasteiger partial charge in [-0.3, -0.25) is 4.79 Å². The van der Waals surface area contributed by atoms with E-state index >= 15 is 0 Å². The van der Waals surface area contributed by atoms with E-state index in [1.54, 1.807) is 0 Å². The molecule has 6 aromatic rings. The fourth-order valence-corrected chi connectivity index (χ4v) is 4.53. The van der Waals surface area contributed by atoms with E-state index in [1.807, 2.05) is 60.9 Å². The number of fused-ring (bicyclic) bond motifs is 2. The molecule has 6 rings (SSSR count). The van der Waals surface area contributed by atoms with Crippen LogP contribution >= 0.6 is 0 Å². The van der Waals surface area contributed by atoms with E-state index in [-0.39, 0.29) is 31.6 Å². The normalized spacial score (nSPS) is 10.5. The summed E-state index contributed by atoms with van der Waals surface area (Å²) in [5.74, 6) is -0.375. The first-order chi connectivity index (χ1) is 19.8. The number of rotatable bonds is 3. The average Bonchev–Trinajstić information content (AvgIpc) is 2.98. The maximum atomic E-state index is 9.98. The second kappa shape index (κ2) is 15.5. The number of benzene rings is 4. The molecular weight excluding hydrogens is 697 g/mol. The zero-order valence-corrected chi connectivity index (χ0v) is 26.4. The molecule has 4 nitrogen and oxygen atoms in total. The molecule has 4 aromatic carbocycles. The molecule has 2 aromatic heterocycles. The molecule has 42 heavy (non-hydrogen) atoms. The van der Waals surface area contributed by atoms with Gasteiger partial charge in [-0.15, -0.1) is 77.5 Å². The van der Waals surface area contributed by atoms with Crippen molar-refractivity contribution in [2.75, 3.05) is 0 Å². The minimum Gasteiger partial charge on any atom is -0.876 e. The number of allylic oxidation sites excluding steroid dienone is 2. The Kier molecular flexibility index (Phi) is 11.9. The third-order valence-corrected chi connectivity index (χ3v) is 6.38. The largest absolute Gasteiger partial charge is 3.00 e. The number of hydrogen-bond donors (Lipinski definition) is 0. The van der Waals surface area contributed by atoms with E-state index in [9.17, 15) is 9.90 Å². The number of aromatic nitrogens is 2. The van der Waals surface area contributed by atoms with Gasteiger partial charge in [-0.1, -0.05) is 43.3 Å². The molecule has 0 bridgehead atoms. The minimum atomic E-state index is -0.187. The van der Waals surface area contributed by atoms with Gasteiger partial charge in [0.2, 0.25) is 0 Å². The Balaban J connectivity index is 0.000000186. The van der Waals surface area contributed by atoms with Crippen molar-refractivity contribution in [2.45, 2.75) is 27.7 Å². The second-order valence-corrected chi connectivity index (χ2v) is 9.58. The van der Waals surface area contributed by atoms with Crippen LogP contribution in [0.5, 0.6) is 0 Å². The Hall–Kier alpha value is -4.44. The number of hydrogen-bond acceptors (Lipinski definition) is 4. The minimum absolute atomic E-state index is 0. The Labute approximate surface area is 261 Å². The molecule has 2 heterocycles. The van der Waals surface area contributed by atoms with Crippen molar-refractivity contribution in [3.63, 3.8) is 0 Å². The first-order valence-electron chi connectivity index (χ1n) is 13.3. The van der Waals surface area contributed by atoms with E-state index in [4.69, 9.17) is 0 Å². The monoisotopic (exact) mass is 728 g/mol. The molecule has 0 saturated heterocycles. The summed E-state index contributed by atoms with van der Waals surface area (Å²) in [6.07, 6.45) is 4.79. The van der Waals surface area contributed by atoms with Crippen molar-refractivity contribution >= 4 is 27.3 Å². The van der Waals surface area contributed by atoms with Gasteiger partial charge in [0.05, 0.1) is 0 Å². The van der Waals surface area contributed by atoms with Crippen LogP contribution in [-0.2, 0) is 24.9 Å². The molecule has 0 radical (unpaired) electrons. The Morgan fingerprint density at radius 3 is 1.43 bits per heavy atom. The van der Waals surface area contributed by atoms with Gasteiger partial charge in [-0.2, -0.15) is 0 Å². The Morgan fingerprint density at radius 2 is 1.10 bits per heavy atom. The van der Waals surface area contributed by atoms with Crippen molar-refractivity contribution in [1.82, 2.24) is 9.97 Å². The van der Waals surface area contributed by atoms with Crippen molar-refractivity contribution in [3.8, 4) is 22.5 Å². The molecule has 0 saturated carbocycles. The van der Waals surface area contributed by atoms with Crippen LogP contribution in [0.1, 0.15) is 25.0 Å². The standard InChI is InChI=1S/2C16H12N.C5H8O2.Ir/c2*1-12-6-5-9-15-14(12)10-11-17-16(15)13-7-3-2-4-8-13;1-4(6)3-5(2)7;/h2*2-7,9-11H,1H3;3,6H,1-2H3;/q2*-1;;+3/p-1/b;;4-3-;. The van der Waals surface area contributed by atoms with E-state index in [0.717, 1.165) is 28.6 Å². The molecule has 5 heteroatoms. The molecule has 0 N–H and O–H groups in total. The van der Waals surface area contributed by atoms with Gasteiger partial charge in [0.25, 0.3) is 0 Å². The molecule has 0 atom stereocenters. The molecule has 0 unspecified atom stereocenters. The van der Waals surface area contributed by atoms with Crippen LogP contribution in [0.2, 0.25) is 0 Å². The van der Waals surface area contributed by atoms with Gasteiger partial charge < -0.3 is 15.1 Å². The third-order valence-electron chi connectivity index (χ3n) is 6.38. The average molecular weight is 728 g/mol. The van der Waals surface area contributed by atoms with Crippen LogP contribution in [0.3, 0.4) is 0 Å². The van der Waals surface area contributed by atoms with Gasteiger partial charge in [-0.25, -0.2) is 0 Å². The van der Waals surface area contributed by atoms with Crippen molar-refractivity contribution in [3.05, 3.63) is 145 Å². The Morgan fingerprint density at radius 1 is 0.643 bits per heavy atom. The SMILES string of the molecule is CC(=O)/C=C(/C)[O-].Cc1cccc2c(-c3[c-]cccc3)nccc12.Cc1cccc2c(-c3[c-]cccc3)nccc12.[Ir+3]. The summed E-state index contributed by atoms with van der Waals surface area (Å²) in [6, 6.07) is 39.1. The number of carbonyl (C=O) groups is 1. The number of aryl methyl sites for hydroxylation is 2. The maximum Gasteiger partial charge on any atom is 3.00 e. The molecule has 0 spiro atoms. The predicted octanol–water partition coefficient (Wildman–Crippen LogP) is 7.86. The summed E-state index contributed by atoms with van der Waals surface area (Å²) in [5, 5.41) is 14.9. The van der Waals surface area contributed by atoms with Crippen LogP contribution in [0.25, 0.3) is 44.1 Å². The number of nitrogens with zero attached hydrogens (tertiary/aromatic N) is 2. The number of pyridine rings is 2. The van der Waals surface area contributed by atoms with Crippen LogP contribution in [0.15, 0.2) is 121 Å². The topological polar surface area (TPSA) is 65.9 Å². The number of carbonyl (C=O) groups excluding carboxylic acids is 1. The molecular formula is C37H31IrN2O2.